The molecule has 1 saturated heterocycles. The van der Waals surface area contributed by atoms with Crippen molar-refractivity contribution in [1.29, 1.82) is 0 Å². The average molecular weight is 205 g/mol. The summed E-state index contributed by atoms with van der Waals surface area (Å²) in [6, 6.07) is 8.31. The maximum atomic E-state index is 5.36. The number of likely N-dealkylation sites (tertiary alicyclic amines) is 1. The standard InChI is InChI=1S/C13H19NO/c1-15-13-8-4-3-7-12(13)11-14-9-5-2-6-10-14/h3-4,7-8H,2,5-6,9-11H2,1H3. The Balaban J connectivity index is 2.02. The molecule has 1 aromatic rings. The van der Waals surface area contributed by atoms with Crippen LogP contribution >= 0.6 is 0 Å². The minimum atomic E-state index is 1.02. The van der Waals surface area contributed by atoms with Crippen molar-refractivity contribution in [3.05, 3.63) is 29.8 Å². The molecule has 0 atom stereocenters. The molecule has 0 N–H and O–H groups in total. The molecule has 1 aromatic carbocycles. The summed E-state index contributed by atoms with van der Waals surface area (Å²) in [6.45, 7) is 3.50. The van der Waals surface area contributed by atoms with Crippen LogP contribution in [0.3, 0.4) is 0 Å². The molecule has 0 saturated carbocycles. The fourth-order valence-electron chi connectivity index (χ4n) is 2.19. The summed E-state index contributed by atoms with van der Waals surface area (Å²) >= 11 is 0. The second-order valence-corrected chi connectivity index (χ2v) is 4.15. The van der Waals surface area contributed by atoms with Gasteiger partial charge in [-0.15, -0.1) is 0 Å². The second-order valence-electron chi connectivity index (χ2n) is 4.15. The van der Waals surface area contributed by atoms with E-state index in [0.29, 0.717) is 0 Å². The van der Waals surface area contributed by atoms with E-state index >= 15 is 0 Å². The first-order valence-electron chi connectivity index (χ1n) is 5.74. The van der Waals surface area contributed by atoms with Crippen LogP contribution in [-0.2, 0) is 6.54 Å². The van der Waals surface area contributed by atoms with Crippen molar-refractivity contribution >= 4 is 0 Å². The zero-order valence-corrected chi connectivity index (χ0v) is 9.41. The SMILES string of the molecule is COc1ccccc1CN1CCCCC1. The van der Waals surface area contributed by atoms with E-state index in [0.717, 1.165) is 12.3 Å². The van der Waals surface area contributed by atoms with Crippen molar-refractivity contribution in [2.45, 2.75) is 25.8 Å². The van der Waals surface area contributed by atoms with Gasteiger partial charge in [-0.2, -0.15) is 0 Å². The number of methoxy groups -OCH3 is 1. The highest BCUT2D eigenvalue weighted by molar-refractivity contribution is 5.33. The number of rotatable bonds is 3. The Morgan fingerprint density at radius 1 is 1.13 bits per heavy atom. The van der Waals surface area contributed by atoms with Crippen molar-refractivity contribution < 1.29 is 4.74 Å². The molecule has 2 heteroatoms. The Bertz CT molecular complexity index is 305. The van der Waals surface area contributed by atoms with Crippen LogP contribution in [0, 0.1) is 0 Å². The van der Waals surface area contributed by atoms with Gasteiger partial charge in [0.15, 0.2) is 0 Å². The first-order valence-corrected chi connectivity index (χ1v) is 5.74. The zero-order valence-electron chi connectivity index (χ0n) is 9.41. The lowest BCUT2D eigenvalue weighted by molar-refractivity contribution is 0.218. The van der Waals surface area contributed by atoms with Gasteiger partial charge in [-0.05, 0) is 32.0 Å². The Morgan fingerprint density at radius 2 is 1.87 bits per heavy atom. The van der Waals surface area contributed by atoms with Crippen molar-refractivity contribution in [3.8, 4) is 5.75 Å². The van der Waals surface area contributed by atoms with E-state index in [4.69, 9.17) is 4.74 Å². The molecular formula is C13H19NO. The molecule has 2 rings (SSSR count). The smallest absolute Gasteiger partial charge is 0.123 e. The average Bonchev–Trinajstić information content (AvgIpc) is 2.31. The Kier molecular flexibility index (Phi) is 3.62. The minimum absolute atomic E-state index is 1.02. The van der Waals surface area contributed by atoms with Gasteiger partial charge in [-0.3, -0.25) is 4.90 Å². The number of hydrogen-bond acceptors (Lipinski definition) is 2. The number of ether oxygens (including phenoxy) is 1. The highest BCUT2D eigenvalue weighted by Gasteiger charge is 2.12. The van der Waals surface area contributed by atoms with Crippen LogP contribution in [0.5, 0.6) is 5.75 Å². The fourth-order valence-corrected chi connectivity index (χ4v) is 2.19. The van der Waals surface area contributed by atoms with Crippen LogP contribution in [0.15, 0.2) is 24.3 Å². The third-order valence-corrected chi connectivity index (χ3v) is 3.04. The van der Waals surface area contributed by atoms with Crippen LogP contribution < -0.4 is 4.74 Å². The summed E-state index contributed by atoms with van der Waals surface area (Å²) in [5.41, 5.74) is 1.31. The highest BCUT2D eigenvalue weighted by atomic mass is 16.5. The lowest BCUT2D eigenvalue weighted by atomic mass is 10.1. The van der Waals surface area contributed by atoms with Gasteiger partial charge in [0.25, 0.3) is 0 Å². The lowest BCUT2D eigenvalue weighted by Crippen LogP contribution is -2.29. The van der Waals surface area contributed by atoms with Crippen molar-refractivity contribution in [3.63, 3.8) is 0 Å². The third-order valence-electron chi connectivity index (χ3n) is 3.04. The molecule has 0 unspecified atom stereocenters. The minimum Gasteiger partial charge on any atom is -0.496 e. The van der Waals surface area contributed by atoms with E-state index in [-0.39, 0.29) is 0 Å². The van der Waals surface area contributed by atoms with E-state index < -0.39 is 0 Å². The first-order chi connectivity index (χ1) is 7.40. The van der Waals surface area contributed by atoms with Crippen LogP contribution in [0.2, 0.25) is 0 Å². The zero-order chi connectivity index (χ0) is 10.5. The van der Waals surface area contributed by atoms with Gasteiger partial charge in [0.1, 0.15) is 5.75 Å². The van der Waals surface area contributed by atoms with E-state index in [1.54, 1.807) is 7.11 Å². The molecule has 15 heavy (non-hydrogen) atoms. The molecule has 2 nitrogen and oxygen atoms in total. The predicted molar refractivity (Wildman–Crippen MR) is 62.1 cm³/mol. The second kappa shape index (κ2) is 5.17. The molecule has 0 aromatic heterocycles. The monoisotopic (exact) mass is 205 g/mol. The molecule has 0 amide bonds. The largest absolute Gasteiger partial charge is 0.496 e. The lowest BCUT2D eigenvalue weighted by Gasteiger charge is -2.26. The number of piperidine rings is 1. The van der Waals surface area contributed by atoms with Gasteiger partial charge in [0.2, 0.25) is 0 Å². The van der Waals surface area contributed by atoms with Crippen LogP contribution in [0.1, 0.15) is 24.8 Å². The van der Waals surface area contributed by atoms with Gasteiger partial charge in [-0.25, -0.2) is 0 Å². The normalized spacial score (nSPS) is 17.7. The van der Waals surface area contributed by atoms with Crippen molar-refractivity contribution in [2.75, 3.05) is 20.2 Å². The van der Waals surface area contributed by atoms with Gasteiger partial charge in [0.05, 0.1) is 7.11 Å². The molecule has 1 aliphatic heterocycles. The molecule has 0 bridgehead atoms. The van der Waals surface area contributed by atoms with E-state index in [9.17, 15) is 0 Å². The number of benzene rings is 1. The van der Waals surface area contributed by atoms with E-state index in [1.807, 2.05) is 12.1 Å². The molecule has 1 aliphatic rings. The summed E-state index contributed by atoms with van der Waals surface area (Å²) in [5.74, 6) is 1.02. The summed E-state index contributed by atoms with van der Waals surface area (Å²) in [4.78, 5) is 2.52. The summed E-state index contributed by atoms with van der Waals surface area (Å²) in [6.07, 6.45) is 4.08. The topological polar surface area (TPSA) is 12.5 Å². The molecule has 1 heterocycles. The maximum Gasteiger partial charge on any atom is 0.123 e. The molecule has 1 fully saturated rings. The van der Waals surface area contributed by atoms with Gasteiger partial charge in [-0.1, -0.05) is 24.6 Å². The van der Waals surface area contributed by atoms with Gasteiger partial charge < -0.3 is 4.74 Å². The molecule has 0 radical (unpaired) electrons. The highest BCUT2D eigenvalue weighted by Crippen LogP contribution is 2.21. The Morgan fingerprint density at radius 3 is 2.60 bits per heavy atom. The van der Waals surface area contributed by atoms with E-state index in [2.05, 4.69) is 17.0 Å². The van der Waals surface area contributed by atoms with Crippen molar-refractivity contribution in [2.24, 2.45) is 0 Å². The molecule has 0 spiro atoms. The predicted octanol–water partition coefficient (Wildman–Crippen LogP) is 2.68. The van der Waals surface area contributed by atoms with E-state index in [1.165, 1.54) is 37.9 Å². The summed E-state index contributed by atoms with van der Waals surface area (Å²) in [5, 5.41) is 0. The molecule has 82 valence electrons. The molecular weight excluding hydrogens is 186 g/mol. The number of hydrogen-bond donors (Lipinski definition) is 0. The number of para-hydroxylation sites is 1. The maximum absolute atomic E-state index is 5.36. The quantitative estimate of drug-likeness (QED) is 0.752. The van der Waals surface area contributed by atoms with Gasteiger partial charge >= 0.3 is 0 Å². The summed E-state index contributed by atoms with van der Waals surface area (Å²) < 4.78 is 5.36. The van der Waals surface area contributed by atoms with Crippen molar-refractivity contribution in [1.82, 2.24) is 4.90 Å². The Labute approximate surface area is 91.9 Å². The third kappa shape index (κ3) is 2.72. The first kappa shape index (κ1) is 10.5. The summed E-state index contributed by atoms with van der Waals surface area (Å²) in [7, 11) is 1.75. The van der Waals surface area contributed by atoms with Gasteiger partial charge in [0, 0.05) is 12.1 Å². The molecule has 0 aliphatic carbocycles. The van der Waals surface area contributed by atoms with Crippen LogP contribution in [-0.4, -0.2) is 25.1 Å². The van der Waals surface area contributed by atoms with Crippen LogP contribution in [0.4, 0.5) is 0 Å². The fraction of sp³-hybridized carbons (Fsp3) is 0.538. The number of nitrogens with zero attached hydrogens (tertiary/aromatic N) is 1. The van der Waals surface area contributed by atoms with Crippen LogP contribution in [0.25, 0.3) is 0 Å². The Hall–Kier alpha value is -1.02.